The molecular formula is C26H29N3O2. The molecular weight excluding hydrogens is 386 g/mol. The summed E-state index contributed by atoms with van der Waals surface area (Å²) >= 11 is 0. The number of benzene rings is 2. The Morgan fingerprint density at radius 3 is 2.71 bits per heavy atom. The lowest BCUT2D eigenvalue weighted by Gasteiger charge is -2.35. The van der Waals surface area contributed by atoms with Gasteiger partial charge in [-0.05, 0) is 36.0 Å². The van der Waals surface area contributed by atoms with E-state index in [9.17, 15) is 9.59 Å². The molecule has 0 bridgehead atoms. The van der Waals surface area contributed by atoms with Crippen LogP contribution >= 0.6 is 0 Å². The van der Waals surface area contributed by atoms with Crippen molar-refractivity contribution in [1.82, 2.24) is 15.2 Å². The average Bonchev–Trinajstić information content (AvgIpc) is 3.31. The van der Waals surface area contributed by atoms with Crippen molar-refractivity contribution < 1.29 is 9.59 Å². The second-order valence-corrected chi connectivity index (χ2v) is 9.15. The van der Waals surface area contributed by atoms with E-state index < -0.39 is 0 Å². The number of para-hydroxylation sites is 1. The maximum absolute atomic E-state index is 13.3. The van der Waals surface area contributed by atoms with Gasteiger partial charge in [0.05, 0.1) is 6.04 Å². The van der Waals surface area contributed by atoms with Gasteiger partial charge in [0, 0.05) is 34.3 Å². The van der Waals surface area contributed by atoms with Crippen LogP contribution in [0.3, 0.4) is 0 Å². The summed E-state index contributed by atoms with van der Waals surface area (Å²) in [5.74, 6) is 0.910. The van der Waals surface area contributed by atoms with Crippen LogP contribution < -0.4 is 5.32 Å². The van der Waals surface area contributed by atoms with Crippen LogP contribution in [0, 0.1) is 11.8 Å². The third-order valence-electron chi connectivity index (χ3n) is 7.34. The highest BCUT2D eigenvalue weighted by Gasteiger charge is 2.40. The largest absolute Gasteiger partial charge is 0.361 e. The first-order chi connectivity index (χ1) is 15.0. The summed E-state index contributed by atoms with van der Waals surface area (Å²) in [6, 6.07) is 15.7. The number of carbonyl (C=O) groups is 2. The van der Waals surface area contributed by atoms with Gasteiger partial charge >= 0.3 is 0 Å². The van der Waals surface area contributed by atoms with Gasteiger partial charge in [-0.25, -0.2) is 0 Å². The summed E-state index contributed by atoms with van der Waals surface area (Å²) in [5, 5.41) is 4.32. The van der Waals surface area contributed by atoms with Gasteiger partial charge in [-0.2, -0.15) is 0 Å². The number of aromatic nitrogens is 1. The van der Waals surface area contributed by atoms with E-state index in [0.717, 1.165) is 34.9 Å². The maximum Gasteiger partial charge on any atom is 0.255 e. The molecule has 0 unspecified atom stereocenters. The first-order valence-corrected chi connectivity index (χ1v) is 11.3. The lowest BCUT2D eigenvalue weighted by Crippen LogP contribution is -2.48. The van der Waals surface area contributed by atoms with Crippen LogP contribution in [0.4, 0.5) is 0 Å². The van der Waals surface area contributed by atoms with Gasteiger partial charge in [0.2, 0.25) is 5.91 Å². The van der Waals surface area contributed by atoms with Crippen LogP contribution in [-0.4, -0.2) is 34.3 Å². The molecule has 0 spiro atoms. The van der Waals surface area contributed by atoms with Gasteiger partial charge in [0.15, 0.2) is 0 Å². The second kappa shape index (κ2) is 7.88. The van der Waals surface area contributed by atoms with E-state index in [1.807, 2.05) is 48.7 Å². The topological polar surface area (TPSA) is 65.2 Å². The maximum atomic E-state index is 13.3. The molecule has 5 nitrogen and oxygen atoms in total. The Bertz CT molecular complexity index is 1130. The average molecular weight is 416 g/mol. The number of aromatic amines is 1. The molecule has 0 saturated heterocycles. The number of hydrogen-bond donors (Lipinski definition) is 2. The molecule has 160 valence electrons. The molecule has 1 saturated carbocycles. The summed E-state index contributed by atoms with van der Waals surface area (Å²) in [5.41, 5.74) is 3.71. The van der Waals surface area contributed by atoms with Gasteiger partial charge in [0.1, 0.15) is 6.54 Å². The van der Waals surface area contributed by atoms with Crippen LogP contribution in [0.25, 0.3) is 10.9 Å². The molecule has 2 N–H and O–H groups in total. The van der Waals surface area contributed by atoms with Gasteiger partial charge in [-0.15, -0.1) is 0 Å². The van der Waals surface area contributed by atoms with Crippen LogP contribution in [0.15, 0.2) is 54.7 Å². The van der Waals surface area contributed by atoms with Crippen LogP contribution in [-0.2, 0) is 4.79 Å². The zero-order valence-corrected chi connectivity index (χ0v) is 18.1. The van der Waals surface area contributed by atoms with E-state index in [0.29, 0.717) is 17.4 Å². The molecule has 1 fully saturated rings. The summed E-state index contributed by atoms with van der Waals surface area (Å²) in [7, 11) is 0. The van der Waals surface area contributed by atoms with E-state index >= 15 is 0 Å². The highest BCUT2D eigenvalue weighted by atomic mass is 16.2. The lowest BCUT2D eigenvalue weighted by atomic mass is 9.78. The molecule has 1 aliphatic carbocycles. The number of H-pyrrole nitrogens is 1. The molecule has 2 aromatic carbocycles. The monoisotopic (exact) mass is 415 g/mol. The molecule has 2 heterocycles. The summed E-state index contributed by atoms with van der Waals surface area (Å²) in [6.07, 6.45) is 5.34. The molecule has 0 radical (unpaired) electrons. The molecule has 5 heteroatoms. The fraction of sp³-hybridized carbons (Fsp3) is 0.385. The number of hydrogen-bond acceptors (Lipinski definition) is 2. The summed E-state index contributed by atoms with van der Waals surface area (Å²) < 4.78 is 0. The van der Waals surface area contributed by atoms with Crippen molar-refractivity contribution >= 4 is 22.7 Å². The molecule has 1 aromatic heterocycles. The Balaban J connectivity index is 1.45. The quantitative estimate of drug-likeness (QED) is 0.651. The van der Waals surface area contributed by atoms with Crippen LogP contribution in [0.5, 0.6) is 0 Å². The van der Waals surface area contributed by atoms with Crippen molar-refractivity contribution in [2.45, 2.75) is 45.2 Å². The predicted molar refractivity (Wildman–Crippen MR) is 122 cm³/mol. The first kappa shape index (κ1) is 19.9. The zero-order valence-electron chi connectivity index (χ0n) is 18.1. The Morgan fingerprint density at radius 2 is 1.84 bits per heavy atom. The molecule has 3 aromatic rings. The number of amides is 2. The van der Waals surface area contributed by atoms with Gasteiger partial charge in [-0.1, -0.05) is 63.1 Å². The number of nitrogens with zero attached hydrogens (tertiary/aromatic N) is 1. The minimum Gasteiger partial charge on any atom is -0.361 e. The Kier molecular flexibility index (Phi) is 5.05. The zero-order chi connectivity index (χ0) is 21.5. The third-order valence-corrected chi connectivity index (χ3v) is 7.34. The molecule has 2 amide bonds. The summed E-state index contributed by atoms with van der Waals surface area (Å²) in [6.45, 7) is 4.55. The third kappa shape index (κ3) is 3.42. The van der Waals surface area contributed by atoms with E-state index in [-0.39, 0.29) is 30.4 Å². The van der Waals surface area contributed by atoms with Crippen molar-refractivity contribution in [3.05, 3.63) is 71.4 Å². The minimum absolute atomic E-state index is 0.0648. The molecule has 5 rings (SSSR count). The summed E-state index contributed by atoms with van der Waals surface area (Å²) in [4.78, 5) is 31.5. The Labute approximate surface area is 182 Å². The van der Waals surface area contributed by atoms with Crippen LogP contribution in [0.2, 0.25) is 0 Å². The number of carbonyl (C=O) groups excluding carboxylic acids is 2. The van der Waals surface area contributed by atoms with Crippen molar-refractivity contribution in [2.24, 2.45) is 11.8 Å². The van der Waals surface area contributed by atoms with Crippen molar-refractivity contribution in [3.8, 4) is 0 Å². The smallest absolute Gasteiger partial charge is 0.255 e. The second-order valence-electron chi connectivity index (χ2n) is 9.15. The van der Waals surface area contributed by atoms with E-state index in [2.05, 4.69) is 30.2 Å². The van der Waals surface area contributed by atoms with Crippen molar-refractivity contribution in [1.29, 1.82) is 0 Å². The fourth-order valence-electron chi connectivity index (χ4n) is 5.38. The first-order valence-electron chi connectivity index (χ1n) is 11.3. The molecule has 31 heavy (non-hydrogen) atoms. The molecule has 1 aliphatic heterocycles. The van der Waals surface area contributed by atoms with Gasteiger partial charge in [0.25, 0.3) is 5.91 Å². The van der Waals surface area contributed by atoms with E-state index in [1.54, 1.807) is 4.90 Å². The predicted octanol–water partition coefficient (Wildman–Crippen LogP) is 4.65. The normalized spacial score (nSPS) is 25.6. The Morgan fingerprint density at radius 1 is 1.06 bits per heavy atom. The Hall–Kier alpha value is -3.08. The minimum atomic E-state index is -0.270. The lowest BCUT2D eigenvalue weighted by molar-refractivity contribution is -0.123. The van der Waals surface area contributed by atoms with E-state index in [4.69, 9.17) is 0 Å². The molecule has 2 aliphatic rings. The van der Waals surface area contributed by atoms with Gasteiger partial charge < -0.3 is 15.2 Å². The molecule has 4 atom stereocenters. The van der Waals surface area contributed by atoms with Crippen molar-refractivity contribution in [2.75, 3.05) is 6.54 Å². The van der Waals surface area contributed by atoms with Crippen molar-refractivity contribution in [3.63, 3.8) is 0 Å². The number of rotatable bonds is 4. The highest BCUT2D eigenvalue weighted by Crippen LogP contribution is 2.41. The SMILES string of the molecule is C[C@H]1[C@H](C)CCC[C@@H]1NC(=O)CN1C(=O)c2ccccc2[C@H]1c1c[nH]c2ccccc12. The van der Waals surface area contributed by atoms with Gasteiger partial charge in [-0.3, -0.25) is 9.59 Å². The number of fused-ring (bicyclic) bond motifs is 2. The standard InChI is InChI=1S/C26H29N3O2/c1-16-8-7-13-22(17(16)2)28-24(30)15-29-25(19-10-3-4-11-20(19)26(29)31)21-14-27-23-12-6-5-9-18(21)23/h3-6,9-12,14,16-17,22,25,27H,7-8,13,15H2,1-2H3,(H,28,30)/t16-,17+,22+,25+/m1/s1. The van der Waals surface area contributed by atoms with Crippen LogP contribution in [0.1, 0.15) is 60.6 Å². The highest BCUT2D eigenvalue weighted by molar-refractivity contribution is 6.02. The number of nitrogens with one attached hydrogen (secondary N) is 2. The van der Waals surface area contributed by atoms with E-state index in [1.165, 1.54) is 6.42 Å². The fourth-order valence-corrected chi connectivity index (χ4v) is 5.38.